The van der Waals surface area contributed by atoms with E-state index in [0.717, 1.165) is 54.6 Å². The van der Waals surface area contributed by atoms with Gasteiger partial charge in [-0.3, -0.25) is 15.2 Å². The molecule has 0 radical (unpaired) electrons. The predicted octanol–water partition coefficient (Wildman–Crippen LogP) is 3.56. The quantitative estimate of drug-likeness (QED) is 0.841. The number of nitrogens with one attached hydrogen (secondary N) is 1. The van der Waals surface area contributed by atoms with Crippen LogP contribution in [-0.4, -0.2) is 54.8 Å². The maximum Gasteiger partial charge on any atom is 0.238 e. The number of piperazine rings is 1. The SMILES string of the molecule is CCC(=O)NN1c2ccc(Cl)cc2N=C(N2CCN(C)CC2)c2ccccc21. The van der Waals surface area contributed by atoms with Crippen LogP contribution in [0.5, 0.6) is 0 Å². The maximum atomic E-state index is 12.3. The topological polar surface area (TPSA) is 51.2 Å². The van der Waals surface area contributed by atoms with Crippen molar-refractivity contribution in [2.24, 2.45) is 4.99 Å². The Bertz CT molecular complexity index is 921. The van der Waals surface area contributed by atoms with Gasteiger partial charge >= 0.3 is 0 Å². The molecule has 0 atom stereocenters. The average molecular weight is 398 g/mol. The molecule has 0 saturated carbocycles. The lowest BCUT2D eigenvalue weighted by Gasteiger charge is -2.35. The van der Waals surface area contributed by atoms with Gasteiger partial charge in [0.05, 0.1) is 17.1 Å². The van der Waals surface area contributed by atoms with Crippen molar-refractivity contribution in [3.63, 3.8) is 0 Å². The van der Waals surface area contributed by atoms with Crippen molar-refractivity contribution < 1.29 is 4.79 Å². The van der Waals surface area contributed by atoms with Crippen molar-refractivity contribution >= 4 is 40.4 Å². The van der Waals surface area contributed by atoms with Crippen molar-refractivity contribution in [2.75, 3.05) is 38.2 Å². The molecule has 1 fully saturated rings. The van der Waals surface area contributed by atoms with E-state index in [-0.39, 0.29) is 5.91 Å². The number of amidine groups is 1. The van der Waals surface area contributed by atoms with Crippen LogP contribution in [0.3, 0.4) is 0 Å². The molecule has 2 heterocycles. The molecule has 1 N–H and O–H groups in total. The van der Waals surface area contributed by atoms with Crippen LogP contribution in [0.2, 0.25) is 5.02 Å². The third kappa shape index (κ3) is 3.57. The van der Waals surface area contributed by atoms with Gasteiger partial charge in [0, 0.05) is 43.2 Å². The van der Waals surface area contributed by atoms with Crippen molar-refractivity contribution in [1.82, 2.24) is 15.2 Å². The second-order valence-electron chi connectivity index (χ2n) is 7.10. The number of carbonyl (C=O) groups excluding carboxylic acids is 1. The van der Waals surface area contributed by atoms with Gasteiger partial charge in [-0.25, -0.2) is 4.99 Å². The summed E-state index contributed by atoms with van der Waals surface area (Å²) in [6.07, 6.45) is 0.397. The highest BCUT2D eigenvalue weighted by atomic mass is 35.5. The minimum Gasteiger partial charge on any atom is -0.353 e. The molecule has 0 bridgehead atoms. The summed E-state index contributed by atoms with van der Waals surface area (Å²) < 4.78 is 0. The van der Waals surface area contributed by atoms with Crippen LogP contribution >= 0.6 is 11.6 Å². The van der Waals surface area contributed by atoms with Crippen molar-refractivity contribution in [3.05, 3.63) is 53.1 Å². The molecule has 2 aliphatic heterocycles. The zero-order chi connectivity index (χ0) is 19.7. The largest absolute Gasteiger partial charge is 0.353 e. The van der Waals surface area contributed by atoms with E-state index in [2.05, 4.69) is 28.3 Å². The van der Waals surface area contributed by atoms with Crippen LogP contribution in [0.15, 0.2) is 47.5 Å². The van der Waals surface area contributed by atoms with E-state index in [1.165, 1.54) is 0 Å². The van der Waals surface area contributed by atoms with E-state index in [1.54, 1.807) is 0 Å². The first-order chi connectivity index (χ1) is 13.6. The van der Waals surface area contributed by atoms with Gasteiger partial charge in [-0.15, -0.1) is 0 Å². The van der Waals surface area contributed by atoms with Gasteiger partial charge in [0.25, 0.3) is 0 Å². The van der Waals surface area contributed by atoms with Gasteiger partial charge in [0.2, 0.25) is 5.91 Å². The lowest BCUT2D eigenvalue weighted by molar-refractivity contribution is -0.120. The highest BCUT2D eigenvalue weighted by Crippen LogP contribution is 2.40. The fourth-order valence-corrected chi connectivity index (χ4v) is 3.69. The third-order valence-electron chi connectivity index (χ3n) is 5.15. The standard InChI is InChI=1S/C21H24ClN5O/c1-3-20(28)24-27-18-7-5-4-6-16(18)21(26-12-10-25(2)11-13-26)23-17-14-15(22)8-9-19(17)27/h4-9,14H,3,10-13H2,1-2H3,(H,24,28). The molecule has 0 unspecified atom stereocenters. The molecular weight excluding hydrogens is 374 g/mol. The van der Waals surface area contributed by atoms with E-state index in [1.807, 2.05) is 48.3 Å². The fourth-order valence-electron chi connectivity index (χ4n) is 3.52. The lowest BCUT2D eigenvalue weighted by Crippen LogP contribution is -2.47. The molecule has 7 heteroatoms. The molecule has 0 aromatic heterocycles. The Morgan fingerprint density at radius 2 is 1.86 bits per heavy atom. The monoisotopic (exact) mass is 397 g/mol. The third-order valence-corrected chi connectivity index (χ3v) is 5.39. The molecule has 1 saturated heterocycles. The number of hydrazine groups is 1. The number of para-hydroxylation sites is 1. The Morgan fingerprint density at radius 1 is 1.11 bits per heavy atom. The van der Waals surface area contributed by atoms with Crippen LogP contribution < -0.4 is 10.4 Å². The van der Waals surface area contributed by atoms with Crippen LogP contribution in [-0.2, 0) is 4.79 Å². The number of anilines is 2. The summed E-state index contributed by atoms with van der Waals surface area (Å²) in [4.78, 5) is 21.9. The number of hydrogen-bond acceptors (Lipinski definition) is 5. The van der Waals surface area contributed by atoms with E-state index >= 15 is 0 Å². The van der Waals surface area contributed by atoms with Gasteiger partial charge < -0.3 is 9.80 Å². The number of nitrogens with zero attached hydrogens (tertiary/aromatic N) is 4. The minimum atomic E-state index is -0.0567. The van der Waals surface area contributed by atoms with Gasteiger partial charge in [-0.1, -0.05) is 30.7 Å². The Kier molecular flexibility index (Phi) is 5.24. The zero-order valence-electron chi connectivity index (χ0n) is 16.2. The average Bonchev–Trinajstić information content (AvgIpc) is 2.83. The normalized spacial score (nSPS) is 16.8. The molecule has 1 amide bonds. The minimum absolute atomic E-state index is 0.0567. The van der Waals surface area contributed by atoms with Gasteiger partial charge in [-0.2, -0.15) is 0 Å². The van der Waals surface area contributed by atoms with E-state index < -0.39 is 0 Å². The van der Waals surface area contributed by atoms with Gasteiger partial charge in [-0.05, 0) is 37.4 Å². The molecular formula is C21H24ClN5O. The number of benzene rings is 2. The van der Waals surface area contributed by atoms with Crippen LogP contribution in [0.1, 0.15) is 18.9 Å². The number of hydrogen-bond donors (Lipinski definition) is 1. The van der Waals surface area contributed by atoms with Crippen molar-refractivity contribution in [2.45, 2.75) is 13.3 Å². The molecule has 0 spiro atoms. The first-order valence-electron chi connectivity index (χ1n) is 9.57. The second kappa shape index (κ2) is 7.81. The highest BCUT2D eigenvalue weighted by Gasteiger charge is 2.28. The number of carbonyl (C=O) groups is 1. The van der Waals surface area contributed by atoms with E-state index in [0.29, 0.717) is 11.4 Å². The zero-order valence-corrected chi connectivity index (χ0v) is 16.9. The Hall–Kier alpha value is -2.57. The Balaban J connectivity index is 1.87. The van der Waals surface area contributed by atoms with Crippen LogP contribution in [0.4, 0.5) is 17.1 Å². The number of rotatable bonds is 2. The number of fused-ring (bicyclic) bond motifs is 2. The Morgan fingerprint density at radius 3 is 2.61 bits per heavy atom. The van der Waals surface area contributed by atoms with Gasteiger partial charge in [0.15, 0.2) is 0 Å². The number of aliphatic imine (C=N–C) groups is 1. The maximum absolute atomic E-state index is 12.3. The summed E-state index contributed by atoms with van der Waals surface area (Å²) in [5.41, 5.74) is 6.48. The molecule has 146 valence electrons. The van der Waals surface area contributed by atoms with Gasteiger partial charge in [0.1, 0.15) is 5.84 Å². The first kappa shape index (κ1) is 18.8. The molecule has 2 aliphatic rings. The summed E-state index contributed by atoms with van der Waals surface area (Å²) >= 11 is 6.28. The number of likely N-dealkylation sites (N-methyl/N-ethyl adjacent to an activating group) is 1. The molecule has 2 aromatic rings. The lowest BCUT2D eigenvalue weighted by atomic mass is 10.1. The molecule has 2 aromatic carbocycles. The molecule has 4 rings (SSSR count). The van der Waals surface area contributed by atoms with E-state index in [4.69, 9.17) is 16.6 Å². The first-order valence-corrected chi connectivity index (χ1v) is 9.95. The summed E-state index contributed by atoms with van der Waals surface area (Å²) in [6, 6.07) is 13.6. The number of halogens is 1. The fraction of sp³-hybridized carbons (Fsp3) is 0.333. The molecule has 0 aliphatic carbocycles. The summed E-state index contributed by atoms with van der Waals surface area (Å²) in [6.45, 7) is 5.62. The summed E-state index contributed by atoms with van der Waals surface area (Å²) in [7, 11) is 2.14. The Labute approximate surface area is 170 Å². The van der Waals surface area contributed by atoms with E-state index in [9.17, 15) is 4.79 Å². The smallest absolute Gasteiger partial charge is 0.238 e. The highest BCUT2D eigenvalue weighted by molar-refractivity contribution is 6.31. The summed E-state index contributed by atoms with van der Waals surface area (Å²) in [5.74, 6) is 0.860. The van der Waals surface area contributed by atoms with Crippen LogP contribution in [0.25, 0.3) is 0 Å². The van der Waals surface area contributed by atoms with Crippen molar-refractivity contribution in [3.8, 4) is 0 Å². The predicted molar refractivity (Wildman–Crippen MR) is 114 cm³/mol. The number of amides is 1. The second-order valence-corrected chi connectivity index (χ2v) is 7.54. The summed E-state index contributed by atoms with van der Waals surface area (Å²) in [5, 5.41) is 2.45. The van der Waals surface area contributed by atoms with Crippen molar-refractivity contribution in [1.29, 1.82) is 0 Å². The molecule has 28 heavy (non-hydrogen) atoms. The molecule has 6 nitrogen and oxygen atoms in total. The van der Waals surface area contributed by atoms with Crippen LogP contribution in [0, 0.1) is 0 Å².